The number of hydrogen-bond acceptors (Lipinski definition) is 3. The van der Waals surface area contributed by atoms with E-state index in [1.54, 1.807) is 0 Å². The normalized spacial score (nSPS) is 12.7. The lowest BCUT2D eigenvalue weighted by Crippen LogP contribution is -2.32. The Hall–Kier alpha value is -1.55. The Morgan fingerprint density at radius 1 is 1.37 bits per heavy atom. The molecule has 0 saturated carbocycles. The lowest BCUT2D eigenvalue weighted by Gasteiger charge is -2.22. The largest absolute Gasteiger partial charge is 0.409 e. The molecule has 4 N–H and O–H groups in total. The summed E-state index contributed by atoms with van der Waals surface area (Å²) < 4.78 is 0. The van der Waals surface area contributed by atoms with E-state index in [0.29, 0.717) is 5.84 Å². The first kappa shape index (κ1) is 15.5. The number of hydrogen-bond donors (Lipinski definition) is 3. The number of nitrogens with one attached hydrogen (secondary N) is 1. The smallest absolute Gasteiger partial charge is 0.144 e. The minimum absolute atomic E-state index is 0.251. The molecule has 0 unspecified atom stereocenters. The maximum absolute atomic E-state index is 8.70. The summed E-state index contributed by atoms with van der Waals surface area (Å²) >= 11 is 0. The Morgan fingerprint density at radius 2 is 2.05 bits per heavy atom. The van der Waals surface area contributed by atoms with Gasteiger partial charge in [-0.15, -0.1) is 0 Å². The molecule has 0 amide bonds. The van der Waals surface area contributed by atoms with Gasteiger partial charge in [0, 0.05) is 12.0 Å². The standard InChI is InChI=1S/C15H25N3O/c1-12-7-4-5-8-13(12)11-17-10-6-9-15(2,3)14(16)18-19/h4-5,7-8,17,19H,6,9-11H2,1-3H3,(H2,16,18). The Morgan fingerprint density at radius 3 is 2.68 bits per heavy atom. The zero-order chi connectivity index (χ0) is 14.3. The van der Waals surface area contributed by atoms with Crippen LogP contribution < -0.4 is 11.1 Å². The summed E-state index contributed by atoms with van der Waals surface area (Å²) in [6.45, 7) is 7.92. The number of oxime groups is 1. The van der Waals surface area contributed by atoms with Crippen molar-refractivity contribution in [3.8, 4) is 0 Å². The van der Waals surface area contributed by atoms with Gasteiger partial charge in [-0.3, -0.25) is 0 Å². The van der Waals surface area contributed by atoms with Crippen LogP contribution in [0.25, 0.3) is 0 Å². The molecule has 0 radical (unpaired) electrons. The number of rotatable bonds is 7. The van der Waals surface area contributed by atoms with Crippen LogP contribution in [0.4, 0.5) is 0 Å². The van der Waals surface area contributed by atoms with Crippen LogP contribution in [0.5, 0.6) is 0 Å². The van der Waals surface area contributed by atoms with Gasteiger partial charge >= 0.3 is 0 Å². The maximum Gasteiger partial charge on any atom is 0.144 e. The summed E-state index contributed by atoms with van der Waals surface area (Å²) in [5.41, 5.74) is 8.05. The summed E-state index contributed by atoms with van der Waals surface area (Å²) in [6.07, 6.45) is 1.89. The highest BCUT2D eigenvalue weighted by molar-refractivity contribution is 5.85. The number of benzene rings is 1. The van der Waals surface area contributed by atoms with E-state index in [2.05, 4.69) is 41.7 Å². The van der Waals surface area contributed by atoms with E-state index in [1.165, 1.54) is 11.1 Å². The summed E-state index contributed by atoms with van der Waals surface area (Å²) in [4.78, 5) is 0. The van der Waals surface area contributed by atoms with Crippen LogP contribution in [-0.2, 0) is 6.54 Å². The van der Waals surface area contributed by atoms with Gasteiger partial charge < -0.3 is 16.3 Å². The fourth-order valence-electron chi connectivity index (χ4n) is 1.95. The van der Waals surface area contributed by atoms with E-state index in [-0.39, 0.29) is 5.41 Å². The van der Waals surface area contributed by atoms with Crippen LogP contribution in [0, 0.1) is 12.3 Å². The van der Waals surface area contributed by atoms with E-state index in [9.17, 15) is 0 Å². The van der Waals surface area contributed by atoms with Crippen LogP contribution in [0.2, 0.25) is 0 Å². The number of nitrogens with two attached hydrogens (primary N) is 1. The quantitative estimate of drug-likeness (QED) is 0.233. The van der Waals surface area contributed by atoms with Gasteiger partial charge in [0.25, 0.3) is 0 Å². The monoisotopic (exact) mass is 263 g/mol. The van der Waals surface area contributed by atoms with Gasteiger partial charge in [0.15, 0.2) is 0 Å². The Balaban J connectivity index is 2.27. The highest BCUT2D eigenvalue weighted by Gasteiger charge is 2.22. The average molecular weight is 263 g/mol. The molecule has 0 atom stereocenters. The second kappa shape index (κ2) is 7.14. The Labute approximate surface area is 115 Å². The van der Waals surface area contributed by atoms with Gasteiger partial charge in [0.05, 0.1) is 0 Å². The lowest BCUT2D eigenvalue weighted by molar-refractivity contribution is 0.304. The van der Waals surface area contributed by atoms with E-state index >= 15 is 0 Å². The van der Waals surface area contributed by atoms with Crippen LogP contribution >= 0.6 is 0 Å². The van der Waals surface area contributed by atoms with E-state index < -0.39 is 0 Å². The predicted octanol–water partition coefficient (Wildman–Crippen LogP) is 2.64. The van der Waals surface area contributed by atoms with Crippen molar-refractivity contribution >= 4 is 5.84 Å². The highest BCUT2D eigenvalue weighted by atomic mass is 16.4. The fourth-order valence-corrected chi connectivity index (χ4v) is 1.95. The Bertz CT molecular complexity index is 427. The molecule has 0 aliphatic heterocycles. The first-order valence-electron chi connectivity index (χ1n) is 6.70. The molecule has 106 valence electrons. The molecule has 0 heterocycles. The molecule has 0 fully saturated rings. The molecular weight excluding hydrogens is 238 g/mol. The summed E-state index contributed by atoms with van der Waals surface area (Å²) in [7, 11) is 0. The van der Waals surface area contributed by atoms with Crippen molar-refractivity contribution in [1.29, 1.82) is 0 Å². The van der Waals surface area contributed by atoms with E-state index in [4.69, 9.17) is 10.9 Å². The van der Waals surface area contributed by atoms with Crippen molar-refractivity contribution < 1.29 is 5.21 Å². The average Bonchev–Trinajstić information content (AvgIpc) is 2.39. The van der Waals surface area contributed by atoms with Crippen molar-refractivity contribution in [3.63, 3.8) is 0 Å². The summed E-state index contributed by atoms with van der Waals surface area (Å²) in [6, 6.07) is 8.38. The van der Waals surface area contributed by atoms with Crippen molar-refractivity contribution in [1.82, 2.24) is 5.32 Å². The van der Waals surface area contributed by atoms with Gasteiger partial charge in [-0.1, -0.05) is 43.3 Å². The number of nitrogens with zero attached hydrogens (tertiary/aromatic N) is 1. The second-order valence-electron chi connectivity index (χ2n) is 5.58. The van der Waals surface area contributed by atoms with Crippen LogP contribution in [0.1, 0.15) is 37.8 Å². The molecule has 0 bridgehead atoms. The van der Waals surface area contributed by atoms with Gasteiger partial charge in [0.2, 0.25) is 0 Å². The molecule has 0 aliphatic carbocycles. The number of aryl methyl sites for hydroxylation is 1. The second-order valence-corrected chi connectivity index (χ2v) is 5.58. The molecule has 1 aromatic rings. The van der Waals surface area contributed by atoms with Crippen LogP contribution in [0.3, 0.4) is 0 Å². The SMILES string of the molecule is Cc1ccccc1CNCCCC(C)(C)C(N)=NO. The predicted molar refractivity (Wildman–Crippen MR) is 79.3 cm³/mol. The molecule has 1 rings (SSSR count). The summed E-state index contributed by atoms with van der Waals surface area (Å²) in [5.74, 6) is 0.298. The third-order valence-electron chi connectivity index (χ3n) is 3.53. The van der Waals surface area contributed by atoms with Crippen molar-refractivity contribution in [2.75, 3.05) is 6.54 Å². The van der Waals surface area contributed by atoms with E-state index in [0.717, 1.165) is 25.9 Å². The number of amidine groups is 1. The molecule has 0 spiro atoms. The molecular formula is C15H25N3O. The van der Waals surface area contributed by atoms with Crippen LogP contribution in [0.15, 0.2) is 29.4 Å². The zero-order valence-corrected chi connectivity index (χ0v) is 12.1. The highest BCUT2D eigenvalue weighted by Crippen LogP contribution is 2.21. The van der Waals surface area contributed by atoms with E-state index in [1.807, 2.05) is 13.8 Å². The lowest BCUT2D eigenvalue weighted by atomic mass is 9.86. The minimum Gasteiger partial charge on any atom is -0.409 e. The molecule has 0 aromatic heterocycles. The van der Waals surface area contributed by atoms with Gasteiger partial charge in [-0.05, 0) is 37.4 Å². The van der Waals surface area contributed by atoms with Gasteiger partial charge in [0.1, 0.15) is 5.84 Å². The first-order chi connectivity index (χ1) is 8.97. The zero-order valence-electron chi connectivity index (χ0n) is 12.1. The van der Waals surface area contributed by atoms with Gasteiger partial charge in [-0.25, -0.2) is 0 Å². The first-order valence-corrected chi connectivity index (χ1v) is 6.70. The third-order valence-corrected chi connectivity index (χ3v) is 3.53. The minimum atomic E-state index is -0.251. The third kappa shape index (κ3) is 4.91. The maximum atomic E-state index is 8.70. The topological polar surface area (TPSA) is 70.6 Å². The summed E-state index contributed by atoms with van der Waals surface area (Å²) in [5, 5.41) is 15.2. The van der Waals surface area contributed by atoms with Crippen molar-refractivity contribution in [2.45, 2.75) is 40.2 Å². The molecule has 4 nitrogen and oxygen atoms in total. The molecule has 1 aromatic carbocycles. The molecule has 0 saturated heterocycles. The van der Waals surface area contributed by atoms with Crippen LogP contribution in [-0.4, -0.2) is 17.6 Å². The molecule has 4 heteroatoms. The molecule has 19 heavy (non-hydrogen) atoms. The van der Waals surface area contributed by atoms with Gasteiger partial charge in [-0.2, -0.15) is 0 Å². The fraction of sp³-hybridized carbons (Fsp3) is 0.533. The Kier molecular flexibility index (Phi) is 5.83. The van der Waals surface area contributed by atoms with Crippen molar-refractivity contribution in [3.05, 3.63) is 35.4 Å². The molecule has 0 aliphatic rings. The van der Waals surface area contributed by atoms with Crippen molar-refractivity contribution in [2.24, 2.45) is 16.3 Å².